The quantitative estimate of drug-likeness (QED) is 0.495. The zero-order valence-corrected chi connectivity index (χ0v) is 11.1. The van der Waals surface area contributed by atoms with Crippen LogP contribution in [0.4, 0.5) is 0 Å². The zero-order valence-electron chi connectivity index (χ0n) is 11.1. The topological polar surface area (TPSA) is 72.0 Å². The molecule has 1 aromatic rings. The van der Waals surface area contributed by atoms with Gasteiger partial charge in [0, 0.05) is 19.0 Å². The monoisotopic (exact) mass is 240 g/mol. The molecule has 98 valence electrons. The minimum absolute atomic E-state index is 0.247. The largest absolute Gasteiger partial charge is 0.309 e. The van der Waals surface area contributed by atoms with Crippen molar-refractivity contribution in [2.45, 2.75) is 38.8 Å². The van der Waals surface area contributed by atoms with E-state index < -0.39 is 0 Å². The number of rotatable bonds is 8. The van der Waals surface area contributed by atoms with Gasteiger partial charge < -0.3 is 4.90 Å². The third kappa shape index (κ3) is 4.80. The van der Waals surface area contributed by atoms with Crippen molar-refractivity contribution in [3.63, 3.8) is 0 Å². The summed E-state index contributed by atoms with van der Waals surface area (Å²) in [4.78, 5) is 6.45. The van der Waals surface area contributed by atoms with Gasteiger partial charge in [-0.05, 0) is 33.5 Å². The number of nitrogens with one attached hydrogen (secondary N) is 1. The summed E-state index contributed by atoms with van der Waals surface area (Å²) >= 11 is 0. The molecule has 1 rings (SSSR count). The molecular formula is C11H24N6. The lowest BCUT2D eigenvalue weighted by atomic mass is 10.1. The first kappa shape index (κ1) is 14.1. The lowest BCUT2D eigenvalue weighted by Gasteiger charge is -2.18. The summed E-state index contributed by atoms with van der Waals surface area (Å²) in [5.74, 6) is 6.58. The molecule has 6 heteroatoms. The van der Waals surface area contributed by atoms with Gasteiger partial charge >= 0.3 is 0 Å². The van der Waals surface area contributed by atoms with E-state index >= 15 is 0 Å². The smallest absolute Gasteiger partial charge is 0.138 e. The maximum Gasteiger partial charge on any atom is 0.138 e. The predicted octanol–water partition coefficient (Wildman–Crippen LogP) is 0.0142. The van der Waals surface area contributed by atoms with Crippen molar-refractivity contribution in [1.82, 2.24) is 25.1 Å². The minimum Gasteiger partial charge on any atom is -0.309 e. The van der Waals surface area contributed by atoms with Gasteiger partial charge in [-0.2, -0.15) is 5.10 Å². The van der Waals surface area contributed by atoms with E-state index in [1.807, 2.05) is 4.68 Å². The van der Waals surface area contributed by atoms with Gasteiger partial charge in [0.15, 0.2) is 0 Å². The van der Waals surface area contributed by atoms with Crippen LogP contribution < -0.4 is 11.3 Å². The Hall–Kier alpha value is -0.980. The first-order valence-electron chi connectivity index (χ1n) is 6.15. The summed E-state index contributed by atoms with van der Waals surface area (Å²) in [7, 11) is 4.13. The fourth-order valence-corrected chi connectivity index (χ4v) is 1.72. The Labute approximate surface area is 103 Å². The second-order valence-electron chi connectivity index (χ2n) is 4.56. The molecule has 0 aliphatic carbocycles. The summed E-state index contributed by atoms with van der Waals surface area (Å²) in [6.45, 7) is 4.06. The first-order valence-corrected chi connectivity index (χ1v) is 6.15. The van der Waals surface area contributed by atoms with E-state index in [1.54, 1.807) is 6.33 Å². The van der Waals surface area contributed by atoms with Crippen LogP contribution in [0.15, 0.2) is 6.33 Å². The first-order chi connectivity index (χ1) is 8.17. The van der Waals surface area contributed by atoms with Crippen molar-refractivity contribution in [3.8, 4) is 0 Å². The van der Waals surface area contributed by atoms with Gasteiger partial charge in [0.05, 0.1) is 0 Å². The van der Waals surface area contributed by atoms with Crippen molar-refractivity contribution in [3.05, 3.63) is 12.2 Å². The summed E-state index contributed by atoms with van der Waals surface area (Å²) in [6.07, 6.45) is 4.51. The number of hydrogen-bond acceptors (Lipinski definition) is 5. The molecule has 1 unspecified atom stereocenters. The number of aromatic nitrogens is 3. The highest BCUT2D eigenvalue weighted by Gasteiger charge is 2.12. The van der Waals surface area contributed by atoms with Crippen LogP contribution in [0, 0.1) is 0 Å². The van der Waals surface area contributed by atoms with Crippen LogP contribution in [0.3, 0.4) is 0 Å². The van der Waals surface area contributed by atoms with Crippen LogP contribution in [0.1, 0.15) is 25.6 Å². The highest BCUT2D eigenvalue weighted by molar-refractivity contribution is 4.89. The maximum absolute atomic E-state index is 5.57. The molecule has 0 fully saturated rings. The van der Waals surface area contributed by atoms with Gasteiger partial charge in [-0.3, -0.25) is 16.0 Å². The van der Waals surface area contributed by atoms with Crippen LogP contribution >= 0.6 is 0 Å². The van der Waals surface area contributed by atoms with Gasteiger partial charge in [0.1, 0.15) is 12.2 Å². The summed E-state index contributed by atoms with van der Waals surface area (Å²) in [6, 6.07) is 0.247. The molecule has 0 spiro atoms. The normalized spacial score (nSPS) is 13.2. The van der Waals surface area contributed by atoms with E-state index in [9.17, 15) is 0 Å². The fourth-order valence-electron chi connectivity index (χ4n) is 1.72. The summed E-state index contributed by atoms with van der Waals surface area (Å²) < 4.78 is 1.96. The van der Waals surface area contributed by atoms with Crippen molar-refractivity contribution in [2.24, 2.45) is 5.84 Å². The molecule has 1 atom stereocenters. The number of nitrogens with zero attached hydrogens (tertiary/aromatic N) is 4. The van der Waals surface area contributed by atoms with E-state index in [4.69, 9.17) is 5.84 Å². The maximum atomic E-state index is 5.57. The SMILES string of the molecule is CCCn1ncnc1CC(CCN(C)C)NN. The minimum atomic E-state index is 0.247. The summed E-state index contributed by atoms with van der Waals surface area (Å²) in [5, 5.41) is 4.22. The molecule has 0 aliphatic heterocycles. The Morgan fingerprint density at radius 2 is 2.29 bits per heavy atom. The van der Waals surface area contributed by atoms with Crippen LogP contribution in [0.5, 0.6) is 0 Å². The van der Waals surface area contributed by atoms with E-state index in [-0.39, 0.29) is 6.04 Å². The predicted molar refractivity (Wildman–Crippen MR) is 68.3 cm³/mol. The lowest BCUT2D eigenvalue weighted by Crippen LogP contribution is -2.39. The average molecular weight is 240 g/mol. The Morgan fingerprint density at radius 1 is 1.53 bits per heavy atom. The van der Waals surface area contributed by atoms with E-state index in [1.165, 1.54) is 0 Å². The third-order valence-electron chi connectivity index (χ3n) is 2.72. The van der Waals surface area contributed by atoms with Crippen molar-refractivity contribution < 1.29 is 0 Å². The lowest BCUT2D eigenvalue weighted by molar-refractivity contribution is 0.353. The number of hydrazine groups is 1. The molecule has 1 aromatic heterocycles. The molecule has 17 heavy (non-hydrogen) atoms. The third-order valence-corrected chi connectivity index (χ3v) is 2.72. The Morgan fingerprint density at radius 3 is 2.88 bits per heavy atom. The number of nitrogens with two attached hydrogens (primary N) is 1. The van der Waals surface area contributed by atoms with Crippen LogP contribution in [-0.4, -0.2) is 46.3 Å². The molecule has 0 aliphatic rings. The number of aryl methyl sites for hydroxylation is 1. The highest BCUT2D eigenvalue weighted by Crippen LogP contribution is 2.03. The van der Waals surface area contributed by atoms with E-state index in [0.717, 1.165) is 38.2 Å². The van der Waals surface area contributed by atoms with Crippen molar-refractivity contribution in [1.29, 1.82) is 0 Å². The highest BCUT2D eigenvalue weighted by atomic mass is 15.3. The van der Waals surface area contributed by atoms with Gasteiger partial charge in [0.2, 0.25) is 0 Å². The van der Waals surface area contributed by atoms with Crippen LogP contribution in [-0.2, 0) is 13.0 Å². The molecule has 0 amide bonds. The Bertz CT molecular complexity index is 309. The molecule has 1 heterocycles. The van der Waals surface area contributed by atoms with Crippen LogP contribution in [0.25, 0.3) is 0 Å². The molecular weight excluding hydrogens is 216 g/mol. The average Bonchev–Trinajstić information content (AvgIpc) is 2.72. The van der Waals surface area contributed by atoms with Crippen molar-refractivity contribution in [2.75, 3.05) is 20.6 Å². The second-order valence-corrected chi connectivity index (χ2v) is 4.56. The second kappa shape index (κ2) is 7.37. The molecule has 6 nitrogen and oxygen atoms in total. The Kier molecular flexibility index (Phi) is 6.10. The van der Waals surface area contributed by atoms with E-state index in [2.05, 4.69) is 41.4 Å². The Balaban J connectivity index is 2.51. The molecule has 0 bridgehead atoms. The van der Waals surface area contributed by atoms with Gasteiger partial charge in [-0.25, -0.2) is 4.98 Å². The van der Waals surface area contributed by atoms with Crippen LogP contribution in [0.2, 0.25) is 0 Å². The van der Waals surface area contributed by atoms with E-state index in [0.29, 0.717) is 0 Å². The van der Waals surface area contributed by atoms with Gasteiger partial charge in [-0.15, -0.1) is 0 Å². The molecule has 0 radical (unpaired) electrons. The fraction of sp³-hybridized carbons (Fsp3) is 0.818. The van der Waals surface area contributed by atoms with Gasteiger partial charge in [-0.1, -0.05) is 6.92 Å². The molecule has 0 saturated heterocycles. The van der Waals surface area contributed by atoms with Crippen molar-refractivity contribution >= 4 is 0 Å². The zero-order chi connectivity index (χ0) is 12.7. The summed E-state index contributed by atoms with van der Waals surface area (Å²) in [5.41, 5.74) is 2.86. The molecule has 0 saturated carbocycles. The molecule has 0 aromatic carbocycles. The molecule has 3 N–H and O–H groups in total. The standard InChI is InChI=1S/C11H24N6/c1-4-6-17-11(13-9-14-17)8-10(15-12)5-7-16(2)3/h9-10,15H,4-8,12H2,1-3H3. The van der Waals surface area contributed by atoms with Gasteiger partial charge in [0.25, 0.3) is 0 Å². The number of hydrogen-bond donors (Lipinski definition) is 2.